The van der Waals surface area contributed by atoms with Crippen LogP contribution in [0.15, 0.2) is 48.8 Å². The van der Waals surface area contributed by atoms with Gasteiger partial charge in [0, 0.05) is 36.7 Å². The molecule has 0 aliphatic carbocycles. The second-order valence-corrected chi connectivity index (χ2v) is 4.25. The molecule has 0 fully saturated rings. The predicted molar refractivity (Wildman–Crippen MR) is 74.4 cm³/mol. The molecule has 1 heterocycles. The van der Waals surface area contributed by atoms with Gasteiger partial charge in [-0.15, -0.1) is 0 Å². The summed E-state index contributed by atoms with van der Waals surface area (Å²) in [6, 6.07) is 11.4. The van der Waals surface area contributed by atoms with Crippen LogP contribution in [0.2, 0.25) is 0 Å². The van der Waals surface area contributed by atoms with Gasteiger partial charge in [0.25, 0.3) is 5.91 Å². The topological polar surface area (TPSA) is 45.5 Å². The minimum atomic E-state index is -0.0457. The van der Waals surface area contributed by atoms with E-state index >= 15 is 0 Å². The molecule has 1 aromatic carbocycles. The summed E-state index contributed by atoms with van der Waals surface area (Å²) in [5.74, 6) is -0.0457. The first-order chi connectivity index (χ1) is 9.26. The van der Waals surface area contributed by atoms with Crippen LogP contribution in [0.4, 0.5) is 0 Å². The molecule has 0 radical (unpaired) electrons. The first-order valence-electron chi connectivity index (χ1n) is 6.39. The van der Waals surface area contributed by atoms with Crippen molar-refractivity contribution in [1.29, 1.82) is 0 Å². The molecule has 1 amide bonds. The number of amides is 1. The zero-order valence-corrected chi connectivity index (χ0v) is 11.0. The SMILES string of the molecule is CCN(CCO)C(=O)c1ccc(-n2cccc2)cc1. The molecular weight excluding hydrogens is 240 g/mol. The van der Waals surface area contributed by atoms with Gasteiger partial charge >= 0.3 is 0 Å². The quantitative estimate of drug-likeness (QED) is 0.890. The second-order valence-electron chi connectivity index (χ2n) is 4.25. The van der Waals surface area contributed by atoms with Gasteiger partial charge in [0.15, 0.2) is 0 Å². The van der Waals surface area contributed by atoms with Crippen molar-refractivity contribution in [3.8, 4) is 5.69 Å². The molecule has 0 unspecified atom stereocenters. The molecule has 0 saturated heterocycles. The van der Waals surface area contributed by atoms with Crippen molar-refractivity contribution >= 4 is 5.91 Å². The maximum absolute atomic E-state index is 12.2. The summed E-state index contributed by atoms with van der Waals surface area (Å²) in [6.07, 6.45) is 3.92. The number of benzene rings is 1. The van der Waals surface area contributed by atoms with Crippen molar-refractivity contribution in [2.45, 2.75) is 6.92 Å². The molecule has 4 nitrogen and oxygen atoms in total. The van der Waals surface area contributed by atoms with Crippen LogP contribution in [0.3, 0.4) is 0 Å². The number of carbonyl (C=O) groups is 1. The molecule has 2 rings (SSSR count). The van der Waals surface area contributed by atoms with Gasteiger partial charge in [-0.1, -0.05) is 0 Å². The van der Waals surface area contributed by atoms with Crippen molar-refractivity contribution < 1.29 is 9.90 Å². The lowest BCUT2D eigenvalue weighted by molar-refractivity contribution is 0.0732. The molecule has 1 N–H and O–H groups in total. The van der Waals surface area contributed by atoms with E-state index in [1.54, 1.807) is 4.90 Å². The van der Waals surface area contributed by atoms with Crippen LogP contribution in [-0.4, -0.2) is 40.2 Å². The van der Waals surface area contributed by atoms with Gasteiger partial charge in [-0.25, -0.2) is 0 Å². The minimum Gasteiger partial charge on any atom is -0.395 e. The van der Waals surface area contributed by atoms with Gasteiger partial charge in [0.05, 0.1) is 6.61 Å². The Morgan fingerprint density at radius 1 is 1.21 bits per heavy atom. The molecule has 4 heteroatoms. The fourth-order valence-electron chi connectivity index (χ4n) is 1.99. The standard InChI is InChI=1S/C15H18N2O2/c1-2-16(11-12-18)15(19)13-5-7-14(8-6-13)17-9-3-4-10-17/h3-10,18H,2,11-12H2,1H3. The summed E-state index contributed by atoms with van der Waals surface area (Å²) in [7, 11) is 0. The number of hydrogen-bond donors (Lipinski definition) is 1. The highest BCUT2D eigenvalue weighted by molar-refractivity contribution is 5.94. The lowest BCUT2D eigenvalue weighted by Crippen LogP contribution is -2.33. The van der Waals surface area contributed by atoms with E-state index in [9.17, 15) is 4.79 Å². The summed E-state index contributed by atoms with van der Waals surface area (Å²) in [4.78, 5) is 13.8. The molecule has 0 spiro atoms. The third-order valence-electron chi connectivity index (χ3n) is 3.06. The van der Waals surface area contributed by atoms with Crippen LogP contribution >= 0.6 is 0 Å². The van der Waals surface area contributed by atoms with E-state index < -0.39 is 0 Å². The van der Waals surface area contributed by atoms with Gasteiger partial charge in [-0.3, -0.25) is 4.79 Å². The zero-order valence-electron chi connectivity index (χ0n) is 11.0. The van der Waals surface area contributed by atoms with Crippen LogP contribution in [-0.2, 0) is 0 Å². The zero-order chi connectivity index (χ0) is 13.7. The number of carbonyl (C=O) groups excluding carboxylic acids is 1. The van der Waals surface area contributed by atoms with E-state index in [1.807, 2.05) is 60.3 Å². The molecule has 0 aliphatic heterocycles. The number of aliphatic hydroxyl groups excluding tert-OH is 1. The van der Waals surface area contributed by atoms with E-state index in [2.05, 4.69) is 0 Å². The molecule has 19 heavy (non-hydrogen) atoms. The van der Waals surface area contributed by atoms with Crippen LogP contribution in [0, 0.1) is 0 Å². The summed E-state index contributed by atoms with van der Waals surface area (Å²) < 4.78 is 1.99. The monoisotopic (exact) mass is 258 g/mol. The normalized spacial score (nSPS) is 10.4. The molecule has 2 aromatic rings. The third-order valence-corrected chi connectivity index (χ3v) is 3.06. The average Bonchev–Trinajstić information content (AvgIpc) is 2.98. The molecule has 1 aromatic heterocycles. The number of nitrogens with zero attached hydrogens (tertiary/aromatic N) is 2. The predicted octanol–water partition coefficient (Wildman–Crippen LogP) is 1.93. The van der Waals surface area contributed by atoms with Crippen molar-refractivity contribution in [3.63, 3.8) is 0 Å². The summed E-state index contributed by atoms with van der Waals surface area (Å²) >= 11 is 0. The highest BCUT2D eigenvalue weighted by atomic mass is 16.3. The number of likely N-dealkylation sites (N-methyl/N-ethyl adjacent to an activating group) is 1. The van der Waals surface area contributed by atoms with Crippen LogP contribution in [0.5, 0.6) is 0 Å². The summed E-state index contributed by atoms with van der Waals surface area (Å²) in [5, 5.41) is 8.94. The highest BCUT2D eigenvalue weighted by Gasteiger charge is 2.13. The van der Waals surface area contributed by atoms with Crippen molar-refractivity contribution in [1.82, 2.24) is 9.47 Å². The maximum atomic E-state index is 12.2. The van der Waals surface area contributed by atoms with E-state index in [4.69, 9.17) is 5.11 Å². The molecule has 0 aliphatic rings. The Kier molecular flexibility index (Phi) is 4.36. The highest BCUT2D eigenvalue weighted by Crippen LogP contribution is 2.11. The second kappa shape index (κ2) is 6.20. The van der Waals surface area contributed by atoms with E-state index in [0.29, 0.717) is 18.7 Å². The molecule has 0 saturated carbocycles. The lowest BCUT2D eigenvalue weighted by atomic mass is 10.1. The smallest absolute Gasteiger partial charge is 0.253 e. The first-order valence-corrected chi connectivity index (χ1v) is 6.39. The van der Waals surface area contributed by atoms with Crippen LogP contribution < -0.4 is 0 Å². The van der Waals surface area contributed by atoms with Gasteiger partial charge in [0.1, 0.15) is 0 Å². The van der Waals surface area contributed by atoms with Gasteiger partial charge < -0.3 is 14.6 Å². The average molecular weight is 258 g/mol. The number of rotatable bonds is 5. The summed E-state index contributed by atoms with van der Waals surface area (Å²) in [5.41, 5.74) is 1.66. The summed E-state index contributed by atoms with van der Waals surface area (Å²) in [6.45, 7) is 2.86. The number of aromatic nitrogens is 1. The fourth-order valence-corrected chi connectivity index (χ4v) is 1.99. The Hall–Kier alpha value is -2.07. The largest absolute Gasteiger partial charge is 0.395 e. The lowest BCUT2D eigenvalue weighted by Gasteiger charge is -2.19. The third kappa shape index (κ3) is 3.03. The van der Waals surface area contributed by atoms with E-state index in [-0.39, 0.29) is 12.5 Å². The maximum Gasteiger partial charge on any atom is 0.253 e. The fraction of sp³-hybridized carbons (Fsp3) is 0.267. The van der Waals surface area contributed by atoms with E-state index in [0.717, 1.165) is 5.69 Å². The van der Waals surface area contributed by atoms with Crippen molar-refractivity contribution in [3.05, 3.63) is 54.4 Å². The number of aliphatic hydroxyl groups is 1. The molecule has 0 atom stereocenters. The Bertz CT molecular complexity index is 518. The molecular formula is C15H18N2O2. The number of hydrogen-bond acceptors (Lipinski definition) is 2. The molecule has 0 bridgehead atoms. The van der Waals surface area contributed by atoms with Gasteiger partial charge in [-0.2, -0.15) is 0 Å². The van der Waals surface area contributed by atoms with Gasteiger partial charge in [0.2, 0.25) is 0 Å². The Morgan fingerprint density at radius 2 is 1.84 bits per heavy atom. The molecule has 100 valence electrons. The van der Waals surface area contributed by atoms with Crippen molar-refractivity contribution in [2.24, 2.45) is 0 Å². The van der Waals surface area contributed by atoms with Crippen LogP contribution in [0.25, 0.3) is 5.69 Å². The Balaban J connectivity index is 2.16. The Morgan fingerprint density at radius 3 is 2.37 bits per heavy atom. The van der Waals surface area contributed by atoms with Crippen molar-refractivity contribution in [2.75, 3.05) is 19.7 Å². The first kappa shape index (κ1) is 13.4. The van der Waals surface area contributed by atoms with Gasteiger partial charge in [-0.05, 0) is 43.3 Å². The Labute approximate surface area is 112 Å². The minimum absolute atomic E-state index is 0.0129. The van der Waals surface area contributed by atoms with Crippen LogP contribution in [0.1, 0.15) is 17.3 Å². The van der Waals surface area contributed by atoms with E-state index in [1.165, 1.54) is 0 Å².